The van der Waals surface area contributed by atoms with Crippen molar-refractivity contribution in [2.45, 2.75) is 11.8 Å². The van der Waals surface area contributed by atoms with Crippen molar-refractivity contribution < 1.29 is 12.8 Å². The monoisotopic (exact) mass is 295 g/mol. The first-order valence-electron chi connectivity index (χ1n) is 5.78. The molecule has 0 fully saturated rings. The van der Waals surface area contributed by atoms with Gasteiger partial charge in [0, 0.05) is 19.4 Å². The van der Waals surface area contributed by atoms with E-state index in [9.17, 15) is 12.8 Å². The molecule has 2 aromatic rings. The second kappa shape index (κ2) is 5.09. The van der Waals surface area contributed by atoms with Crippen LogP contribution < -0.4 is 10.0 Å². The number of nitrogen functional groups attached to an aromatic ring is 1. The van der Waals surface area contributed by atoms with Gasteiger partial charge in [0.1, 0.15) is 5.82 Å². The quantitative estimate of drug-likeness (QED) is 0.878. The Morgan fingerprint density at radius 3 is 2.45 bits per heavy atom. The Bertz CT molecular complexity index is 733. The van der Waals surface area contributed by atoms with Crippen LogP contribution >= 0.6 is 0 Å². The molecule has 2 rings (SSSR count). The highest BCUT2D eigenvalue weighted by atomic mass is 32.2. The second-order valence-electron chi connectivity index (χ2n) is 4.32. The molecule has 0 aliphatic rings. The normalized spacial score (nSPS) is 11.3. The summed E-state index contributed by atoms with van der Waals surface area (Å²) in [5.74, 6) is -0.631. The predicted octanol–water partition coefficient (Wildman–Crippen LogP) is 1.94. The molecule has 7 heteroatoms. The van der Waals surface area contributed by atoms with Crippen LogP contribution in [0.5, 0.6) is 0 Å². The Morgan fingerprint density at radius 2 is 1.85 bits per heavy atom. The smallest absolute Gasteiger partial charge is 0.264 e. The Kier molecular flexibility index (Phi) is 3.63. The van der Waals surface area contributed by atoms with Crippen LogP contribution in [-0.2, 0) is 10.0 Å². The third-order valence-electron chi connectivity index (χ3n) is 2.96. The van der Waals surface area contributed by atoms with Gasteiger partial charge in [0.05, 0.1) is 16.3 Å². The van der Waals surface area contributed by atoms with Crippen LogP contribution in [0.3, 0.4) is 0 Å². The molecule has 0 amide bonds. The summed E-state index contributed by atoms with van der Waals surface area (Å²) >= 11 is 0. The number of nitrogens with zero attached hydrogens (tertiary/aromatic N) is 2. The third kappa shape index (κ3) is 2.44. The van der Waals surface area contributed by atoms with E-state index in [-0.39, 0.29) is 10.6 Å². The summed E-state index contributed by atoms with van der Waals surface area (Å²) in [5.41, 5.74) is 6.02. The molecule has 2 N–H and O–H groups in total. The lowest BCUT2D eigenvalue weighted by Gasteiger charge is -2.20. The molecule has 0 unspecified atom stereocenters. The zero-order valence-corrected chi connectivity index (χ0v) is 11.9. The lowest BCUT2D eigenvalue weighted by molar-refractivity contribution is 0.592. The molecule has 1 aromatic heterocycles. The van der Waals surface area contributed by atoms with Crippen molar-refractivity contribution in [1.82, 2.24) is 4.98 Å². The average molecular weight is 295 g/mol. The van der Waals surface area contributed by atoms with Crippen LogP contribution in [0.25, 0.3) is 0 Å². The molecule has 0 saturated carbocycles. The van der Waals surface area contributed by atoms with E-state index in [1.165, 1.54) is 26.4 Å². The summed E-state index contributed by atoms with van der Waals surface area (Å²) in [6, 6.07) is 5.39. The minimum Gasteiger partial charge on any atom is -0.396 e. The van der Waals surface area contributed by atoms with Gasteiger partial charge in [-0.2, -0.15) is 0 Å². The topological polar surface area (TPSA) is 76.3 Å². The van der Waals surface area contributed by atoms with Crippen LogP contribution in [0.2, 0.25) is 0 Å². The fraction of sp³-hybridized carbons (Fsp3) is 0.154. The number of halogens is 1. The van der Waals surface area contributed by atoms with Crippen molar-refractivity contribution >= 4 is 21.4 Å². The standard InChI is InChI=1S/C13H14FN3O2S/c1-9-7-11(14)12(15)8-13(9)20(18,19)17(2)10-3-5-16-6-4-10/h3-8H,15H2,1-2H3. The van der Waals surface area contributed by atoms with Gasteiger partial charge in [-0.15, -0.1) is 0 Å². The highest BCUT2D eigenvalue weighted by molar-refractivity contribution is 7.92. The van der Waals surface area contributed by atoms with E-state index in [0.717, 1.165) is 16.4 Å². The summed E-state index contributed by atoms with van der Waals surface area (Å²) in [7, 11) is -2.38. The van der Waals surface area contributed by atoms with Crippen LogP contribution in [0, 0.1) is 12.7 Å². The van der Waals surface area contributed by atoms with E-state index in [1.807, 2.05) is 0 Å². The van der Waals surface area contributed by atoms with Gasteiger partial charge in [0.15, 0.2) is 0 Å². The van der Waals surface area contributed by atoms with Gasteiger partial charge in [0.25, 0.3) is 10.0 Å². The molecule has 5 nitrogen and oxygen atoms in total. The fourth-order valence-electron chi connectivity index (χ4n) is 1.79. The maximum absolute atomic E-state index is 13.3. The van der Waals surface area contributed by atoms with E-state index in [4.69, 9.17) is 5.73 Å². The summed E-state index contributed by atoms with van der Waals surface area (Å²) in [6.07, 6.45) is 2.99. The Labute approximate surface area is 116 Å². The number of hydrogen-bond donors (Lipinski definition) is 1. The van der Waals surface area contributed by atoms with E-state index >= 15 is 0 Å². The van der Waals surface area contributed by atoms with Crippen molar-refractivity contribution in [1.29, 1.82) is 0 Å². The minimum absolute atomic E-state index is 0.0179. The predicted molar refractivity (Wildman–Crippen MR) is 75.4 cm³/mol. The van der Waals surface area contributed by atoms with E-state index in [1.54, 1.807) is 12.1 Å². The lowest BCUT2D eigenvalue weighted by Crippen LogP contribution is -2.27. The SMILES string of the molecule is Cc1cc(F)c(N)cc1S(=O)(=O)N(C)c1ccncc1. The molecule has 0 bridgehead atoms. The molecule has 1 heterocycles. The number of aromatic nitrogens is 1. The third-order valence-corrected chi connectivity index (χ3v) is 4.89. The number of anilines is 2. The number of sulfonamides is 1. The van der Waals surface area contributed by atoms with Crippen molar-refractivity contribution in [3.8, 4) is 0 Å². The molecule has 0 radical (unpaired) electrons. The van der Waals surface area contributed by atoms with Crippen molar-refractivity contribution in [3.63, 3.8) is 0 Å². The number of pyridine rings is 1. The van der Waals surface area contributed by atoms with Crippen molar-refractivity contribution in [2.75, 3.05) is 17.1 Å². The van der Waals surface area contributed by atoms with Gasteiger partial charge in [0.2, 0.25) is 0 Å². The number of nitrogens with two attached hydrogens (primary N) is 1. The first-order chi connectivity index (χ1) is 9.34. The molecule has 0 saturated heterocycles. The first-order valence-corrected chi connectivity index (χ1v) is 7.22. The maximum atomic E-state index is 13.3. The molecule has 20 heavy (non-hydrogen) atoms. The number of hydrogen-bond acceptors (Lipinski definition) is 4. The van der Waals surface area contributed by atoms with Gasteiger partial charge in [-0.3, -0.25) is 9.29 Å². The summed E-state index contributed by atoms with van der Waals surface area (Å²) < 4.78 is 39.5. The lowest BCUT2D eigenvalue weighted by atomic mass is 10.2. The van der Waals surface area contributed by atoms with Gasteiger partial charge in [-0.1, -0.05) is 0 Å². The maximum Gasteiger partial charge on any atom is 0.264 e. The average Bonchev–Trinajstić information content (AvgIpc) is 2.42. The van der Waals surface area contributed by atoms with Crippen LogP contribution in [0.15, 0.2) is 41.6 Å². The van der Waals surface area contributed by atoms with Crippen molar-refractivity contribution in [3.05, 3.63) is 48.0 Å². The molecule has 0 aliphatic carbocycles. The number of benzene rings is 1. The Balaban J connectivity index is 2.54. The largest absolute Gasteiger partial charge is 0.396 e. The van der Waals surface area contributed by atoms with Gasteiger partial charge >= 0.3 is 0 Å². The Hall–Kier alpha value is -2.15. The molecular weight excluding hydrogens is 281 g/mol. The van der Waals surface area contributed by atoms with Crippen LogP contribution in [0.4, 0.5) is 15.8 Å². The summed E-state index contributed by atoms with van der Waals surface area (Å²) in [6.45, 7) is 1.52. The molecule has 0 spiro atoms. The first kappa shape index (κ1) is 14.3. The summed E-state index contributed by atoms with van der Waals surface area (Å²) in [4.78, 5) is 3.82. The van der Waals surface area contributed by atoms with Crippen molar-refractivity contribution in [2.24, 2.45) is 0 Å². The molecular formula is C13H14FN3O2S. The molecule has 0 atom stereocenters. The van der Waals surface area contributed by atoms with Crippen LogP contribution in [0.1, 0.15) is 5.56 Å². The van der Waals surface area contributed by atoms with Gasteiger partial charge < -0.3 is 5.73 Å². The summed E-state index contributed by atoms with van der Waals surface area (Å²) in [5, 5.41) is 0. The molecule has 0 aliphatic heterocycles. The molecule has 1 aromatic carbocycles. The minimum atomic E-state index is -3.80. The van der Waals surface area contributed by atoms with Gasteiger partial charge in [-0.05, 0) is 36.8 Å². The number of rotatable bonds is 3. The molecule has 106 valence electrons. The highest BCUT2D eigenvalue weighted by Gasteiger charge is 2.24. The zero-order chi connectivity index (χ0) is 14.9. The highest BCUT2D eigenvalue weighted by Crippen LogP contribution is 2.26. The van der Waals surface area contributed by atoms with E-state index in [2.05, 4.69) is 4.98 Å². The van der Waals surface area contributed by atoms with Crippen LogP contribution in [-0.4, -0.2) is 20.4 Å². The van der Waals surface area contributed by atoms with Gasteiger partial charge in [-0.25, -0.2) is 12.8 Å². The zero-order valence-electron chi connectivity index (χ0n) is 11.0. The second-order valence-corrected chi connectivity index (χ2v) is 6.25. The van der Waals surface area contributed by atoms with E-state index in [0.29, 0.717) is 11.3 Å². The van der Waals surface area contributed by atoms with E-state index < -0.39 is 15.8 Å². The number of aryl methyl sites for hydroxylation is 1. The fourth-order valence-corrected chi connectivity index (χ4v) is 3.22. The Morgan fingerprint density at radius 1 is 1.25 bits per heavy atom.